The standard InChI is InChI=1S/C18H13N3/c1-13-2-4-14(5-3-13)15-6-8-16(9-7-15)17-11-20-18(10-19)21-12-17/h2-9,11-12H,1H3. The molecule has 0 aliphatic carbocycles. The van der Waals surface area contributed by atoms with E-state index in [2.05, 4.69) is 53.3 Å². The zero-order valence-corrected chi connectivity index (χ0v) is 11.6. The number of aromatic nitrogens is 2. The minimum absolute atomic E-state index is 0.190. The lowest BCUT2D eigenvalue weighted by Gasteiger charge is -2.05. The largest absolute Gasteiger partial charge is 0.232 e. The highest BCUT2D eigenvalue weighted by Crippen LogP contribution is 2.24. The van der Waals surface area contributed by atoms with Gasteiger partial charge in [-0.25, -0.2) is 9.97 Å². The van der Waals surface area contributed by atoms with E-state index >= 15 is 0 Å². The van der Waals surface area contributed by atoms with Gasteiger partial charge in [-0.05, 0) is 23.6 Å². The number of nitrogens with zero attached hydrogens (tertiary/aromatic N) is 3. The van der Waals surface area contributed by atoms with Gasteiger partial charge in [0.05, 0.1) is 0 Å². The first-order chi connectivity index (χ1) is 10.3. The van der Waals surface area contributed by atoms with Gasteiger partial charge in [0.25, 0.3) is 0 Å². The van der Waals surface area contributed by atoms with E-state index in [1.807, 2.05) is 18.2 Å². The molecule has 0 N–H and O–H groups in total. The summed E-state index contributed by atoms with van der Waals surface area (Å²) in [6.07, 6.45) is 3.35. The van der Waals surface area contributed by atoms with E-state index in [0.29, 0.717) is 0 Å². The SMILES string of the molecule is Cc1ccc(-c2ccc(-c3cnc(C#N)nc3)cc2)cc1. The molecule has 21 heavy (non-hydrogen) atoms. The third-order valence-corrected chi connectivity index (χ3v) is 3.35. The number of rotatable bonds is 2. The molecule has 0 saturated carbocycles. The molecular weight excluding hydrogens is 258 g/mol. The Morgan fingerprint density at radius 1 is 0.714 bits per heavy atom. The summed E-state index contributed by atoms with van der Waals surface area (Å²) in [5.74, 6) is 0.190. The van der Waals surface area contributed by atoms with Crippen molar-refractivity contribution in [3.05, 3.63) is 72.3 Å². The van der Waals surface area contributed by atoms with Crippen molar-refractivity contribution in [2.75, 3.05) is 0 Å². The Morgan fingerprint density at radius 2 is 1.14 bits per heavy atom. The zero-order chi connectivity index (χ0) is 14.7. The topological polar surface area (TPSA) is 49.6 Å². The minimum atomic E-state index is 0.190. The molecule has 3 heteroatoms. The first kappa shape index (κ1) is 13.0. The van der Waals surface area contributed by atoms with Gasteiger partial charge in [0.2, 0.25) is 5.82 Å². The molecule has 1 heterocycles. The summed E-state index contributed by atoms with van der Waals surface area (Å²) >= 11 is 0. The quantitative estimate of drug-likeness (QED) is 0.708. The van der Waals surface area contributed by atoms with Crippen molar-refractivity contribution in [3.63, 3.8) is 0 Å². The van der Waals surface area contributed by atoms with Crippen molar-refractivity contribution in [3.8, 4) is 28.3 Å². The van der Waals surface area contributed by atoms with Crippen molar-refractivity contribution in [2.45, 2.75) is 6.92 Å². The average Bonchev–Trinajstić information content (AvgIpc) is 2.56. The molecule has 0 aliphatic heterocycles. The predicted molar refractivity (Wildman–Crippen MR) is 82.4 cm³/mol. The fourth-order valence-corrected chi connectivity index (χ4v) is 2.14. The van der Waals surface area contributed by atoms with Gasteiger partial charge < -0.3 is 0 Å². The monoisotopic (exact) mass is 271 g/mol. The van der Waals surface area contributed by atoms with Crippen molar-refractivity contribution in [1.82, 2.24) is 9.97 Å². The Hall–Kier alpha value is -2.99. The fourth-order valence-electron chi connectivity index (χ4n) is 2.14. The highest BCUT2D eigenvalue weighted by atomic mass is 14.9. The van der Waals surface area contributed by atoms with E-state index in [1.54, 1.807) is 12.4 Å². The van der Waals surface area contributed by atoms with Gasteiger partial charge in [-0.2, -0.15) is 5.26 Å². The van der Waals surface area contributed by atoms with E-state index in [4.69, 9.17) is 5.26 Å². The maximum absolute atomic E-state index is 8.71. The number of aryl methyl sites for hydroxylation is 1. The fraction of sp³-hybridized carbons (Fsp3) is 0.0556. The summed E-state index contributed by atoms with van der Waals surface area (Å²) in [6, 6.07) is 18.6. The van der Waals surface area contributed by atoms with Crippen LogP contribution < -0.4 is 0 Å². The molecule has 0 radical (unpaired) electrons. The van der Waals surface area contributed by atoms with E-state index in [0.717, 1.165) is 11.1 Å². The van der Waals surface area contributed by atoms with Crippen LogP contribution in [0.25, 0.3) is 22.3 Å². The maximum Gasteiger partial charge on any atom is 0.232 e. The molecule has 0 fully saturated rings. The van der Waals surface area contributed by atoms with Crippen LogP contribution in [-0.4, -0.2) is 9.97 Å². The smallest absolute Gasteiger partial charge is 0.227 e. The summed E-state index contributed by atoms with van der Waals surface area (Å²) in [7, 11) is 0. The Kier molecular flexibility index (Phi) is 3.44. The first-order valence-corrected chi connectivity index (χ1v) is 6.66. The molecule has 0 amide bonds. The highest BCUT2D eigenvalue weighted by molar-refractivity contribution is 5.69. The lowest BCUT2D eigenvalue weighted by molar-refractivity contribution is 1.12. The Bertz CT molecular complexity index is 780. The summed E-state index contributed by atoms with van der Waals surface area (Å²) in [6.45, 7) is 2.08. The third kappa shape index (κ3) is 2.80. The van der Waals surface area contributed by atoms with Crippen LogP contribution in [0.3, 0.4) is 0 Å². The number of benzene rings is 2. The summed E-state index contributed by atoms with van der Waals surface area (Å²) < 4.78 is 0. The molecule has 3 rings (SSSR count). The summed E-state index contributed by atoms with van der Waals surface area (Å²) in [4.78, 5) is 7.98. The van der Waals surface area contributed by atoms with Gasteiger partial charge >= 0.3 is 0 Å². The van der Waals surface area contributed by atoms with E-state index in [9.17, 15) is 0 Å². The molecule has 100 valence electrons. The summed E-state index contributed by atoms with van der Waals surface area (Å²) in [5.41, 5.74) is 5.57. The van der Waals surface area contributed by atoms with Crippen LogP contribution in [0.4, 0.5) is 0 Å². The molecule has 0 spiro atoms. The van der Waals surface area contributed by atoms with Crippen LogP contribution >= 0.6 is 0 Å². The molecule has 0 saturated heterocycles. The molecule has 0 atom stereocenters. The van der Waals surface area contributed by atoms with Gasteiger partial charge in [0.1, 0.15) is 6.07 Å². The predicted octanol–water partition coefficient (Wildman–Crippen LogP) is 3.99. The molecule has 0 aliphatic rings. The van der Waals surface area contributed by atoms with Crippen LogP contribution in [0.2, 0.25) is 0 Å². The second-order valence-corrected chi connectivity index (χ2v) is 4.85. The first-order valence-electron chi connectivity index (χ1n) is 6.66. The Labute approximate surface area is 123 Å². The van der Waals surface area contributed by atoms with Crippen molar-refractivity contribution < 1.29 is 0 Å². The second-order valence-electron chi connectivity index (χ2n) is 4.85. The molecule has 3 aromatic rings. The van der Waals surface area contributed by atoms with Crippen LogP contribution in [0.5, 0.6) is 0 Å². The van der Waals surface area contributed by atoms with Crippen LogP contribution in [0.1, 0.15) is 11.4 Å². The van der Waals surface area contributed by atoms with Crippen molar-refractivity contribution >= 4 is 0 Å². The zero-order valence-electron chi connectivity index (χ0n) is 11.6. The number of nitriles is 1. The number of hydrogen-bond acceptors (Lipinski definition) is 3. The molecule has 3 nitrogen and oxygen atoms in total. The molecule has 2 aromatic carbocycles. The van der Waals surface area contributed by atoms with E-state index in [1.165, 1.54) is 16.7 Å². The van der Waals surface area contributed by atoms with Crippen LogP contribution in [0.15, 0.2) is 60.9 Å². The second kappa shape index (κ2) is 5.56. The van der Waals surface area contributed by atoms with Crippen molar-refractivity contribution in [2.24, 2.45) is 0 Å². The molecule has 0 bridgehead atoms. The Morgan fingerprint density at radius 3 is 1.62 bits per heavy atom. The lowest BCUT2D eigenvalue weighted by atomic mass is 10.0. The van der Waals surface area contributed by atoms with E-state index in [-0.39, 0.29) is 5.82 Å². The average molecular weight is 271 g/mol. The van der Waals surface area contributed by atoms with Gasteiger partial charge in [0.15, 0.2) is 0 Å². The Balaban J connectivity index is 1.89. The third-order valence-electron chi connectivity index (χ3n) is 3.35. The maximum atomic E-state index is 8.71. The summed E-state index contributed by atoms with van der Waals surface area (Å²) in [5, 5.41) is 8.71. The molecular formula is C18H13N3. The van der Waals surface area contributed by atoms with E-state index < -0.39 is 0 Å². The minimum Gasteiger partial charge on any atom is -0.227 e. The van der Waals surface area contributed by atoms with Gasteiger partial charge in [-0.1, -0.05) is 54.1 Å². The number of hydrogen-bond donors (Lipinski definition) is 0. The van der Waals surface area contributed by atoms with Crippen LogP contribution in [-0.2, 0) is 0 Å². The van der Waals surface area contributed by atoms with Crippen molar-refractivity contribution in [1.29, 1.82) is 5.26 Å². The highest BCUT2D eigenvalue weighted by Gasteiger charge is 2.02. The van der Waals surface area contributed by atoms with Gasteiger partial charge in [-0.15, -0.1) is 0 Å². The lowest BCUT2D eigenvalue weighted by Crippen LogP contribution is -1.89. The van der Waals surface area contributed by atoms with Gasteiger partial charge in [0, 0.05) is 18.0 Å². The normalized spacial score (nSPS) is 10.1. The molecule has 1 aromatic heterocycles. The molecule has 0 unspecified atom stereocenters. The van der Waals surface area contributed by atoms with Crippen LogP contribution in [0, 0.1) is 18.3 Å². The van der Waals surface area contributed by atoms with Gasteiger partial charge in [-0.3, -0.25) is 0 Å².